The number of nitrogens with zero attached hydrogens (tertiary/aromatic N) is 5. The van der Waals surface area contributed by atoms with Crippen molar-refractivity contribution in [1.82, 2.24) is 24.7 Å². The van der Waals surface area contributed by atoms with Gasteiger partial charge in [-0.2, -0.15) is 4.68 Å². The lowest BCUT2D eigenvalue weighted by molar-refractivity contribution is 0.185. The fourth-order valence-electron chi connectivity index (χ4n) is 3.35. The predicted octanol–water partition coefficient (Wildman–Crippen LogP) is 4.05. The molecule has 1 heterocycles. The van der Waals surface area contributed by atoms with Crippen molar-refractivity contribution < 1.29 is 4.74 Å². The number of aryl methyl sites for hydroxylation is 1. The Hall–Kier alpha value is -2.51. The van der Waals surface area contributed by atoms with Gasteiger partial charge in [-0.1, -0.05) is 24.3 Å². The number of hydrogen-bond donors (Lipinski definition) is 0. The van der Waals surface area contributed by atoms with Crippen molar-refractivity contribution in [2.75, 3.05) is 7.11 Å². The standard InChI is InChI=1S/C21H25N5OS/c1-15-5-4-6-20(16(15)2)26-21(28)25(22-23-26)14-24(18-9-10-18)13-17-7-11-19(27-3)12-8-17/h4-8,11-12,18H,9-10,13-14H2,1-3H3. The van der Waals surface area contributed by atoms with Gasteiger partial charge in [0.15, 0.2) is 0 Å². The number of ether oxygens (including phenoxy) is 1. The van der Waals surface area contributed by atoms with Gasteiger partial charge in [0, 0.05) is 12.6 Å². The summed E-state index contributed by atoms with van der Waals surface area (Å²) in [6.45, 7) is 5.68. The number of methoxy groups -OCH3 is 1. The van der Waals surface area contributed by atoms with Crippen molar-refractivity contribution in [3.05, 3.63) is 63.9 Å². The van der Waals surface area contributed by atoms with E-state index in [-0.39, 0.29) is 0 Å². The average Bonchev–Trinajstić information content (AvgIpc) is 3.49. The number of benzene rings is 2. The minimum atomic E-state index is 0.579. The normalized spacial score (nSPS) is 13.9. The van der Waals surface area contributed by atoms with Crippen LogP contribution in [0.25, 0.3) is 5.69 Å². The molecule has 1 fully saturated rings. The molecule has 0 radical (unpaired) electrons. The van der Waals surface area contributed by atoms with Crippen molar-refractivity contribution in [3.63, 3.8) is 0 Å². The monoisotopic (exact) mass is 395 g/mol. The summed E-state index contributed by atoms with van der Waals surface area (Å²) in [7, 11) is 1.69. The molecule has 0 aliphatic heterocycles. The molecule has 146 valence electrons. The molecule has 6 nitrogen and oxygen atoms in total. The van der Waals surface area contributed by atoms with E-state index < -0.39 is 0 Å². The Bertz CT molecular complexity index is 1020. The molecule has 0 atom stereocenters. The van der Waals surface area contributed by atoms with E-state index in [1.54, 1.807) is 11.8 Å². The summed E-state index contributed by atoms with van der Waals surface area (Å²) in [4.78, 5) is 2.42. The molecule has 0 spiro atoms. The lowest BCUT2D eigenvalue weighted by Gasteiger charge is -2.21. The van der Waals surface area contributed by atoms with Crippen molar-refractivity contribution in [1.29, 1.82) is 0 Å². The van der Waals surface area contributed by atoms with Crippen molar-refractivity contribution >= 4 is 12.2 Å². The molecule has 0 unspecified atom stereocenters. The van der Waals surface area contributed by atoms with Crippen LogP contribution in [0, 0.1) is 18.6 Å². The Labute approximate surface area is 170 Å². The zero-order chi connectivity index (χ0) is 19.7. The molecule has 2 aromatic carbocycles. The van der Waals surface area contributed by atoms with Gasteiger partial charge in [0.2, 0.25) is 4.77 Å². The summed E-state index contributed by atoms with van der Waals surface area (Å²) < 4.78 is 9.45. The van der Waals surface area contributed by atoms with Crippen LogP contribution in [0.4, 0.5) is 0 Å². The molecule has 1 saturated carbocycles. The van der Waals surface area contributed by atoms with Gasteiger partial charge in [-0.3, -0.25) is 4.90 Å². The Kier molecular flexibility index (Phi) is 5.28. The number of hydrogen-bond acceptors (Lipinski definition) is 5. The first-order valence-electron chi connectivity index (χ1n) is 9.53. The number of tetrazole rings is 1. The molecular formula is C21H25N5OS. The van der Waals surface area contributed by atoms with E-state index in [4.69, 9.17) is 17.0 Å². The lowest BCUT2D eigenvalue weighted by Crippen LogP contribution is -2.29. The third-order valence-corrected chi connectivity index (χ3v) is 5.75. The SMILES string of the molecule is COc1ccc(CN(Cn2nnn(-c3cccc(C)c3C)c2=S)C2CC2)cc1. The molecule has 3 aromatic rings. The Balaban J connectivity index is 1.56. The van der Waals surface area contributed by atoms with Gasteiger partial charge in [0.1, 0.15) is 5.75 Å². The van der Waals surface area contributed by atoms with Gasteiger partial charge in [-0.15, -0.1) is 0 Å². The van der Waals surface area contributed by atoms with E-state index in [0.29, 0.717) is 17.5 Å². The highest BCUT2D eigenvalue weighted by molar-refractivity contribution is 7.71. The largest absolute Gasteiger partial charge is 0.497 e. The van der Waals surface area contributed by atoms with E-state index in [2.05, 4.69) is 47.4 Å². The van der Waals surface area contributed by atoms with Gasteiger partial charge in [0.05, 0.1) is 19.5 Å². The maximum atomic E-state index is 5.69. The summed E-state index contributed by atoms with van der Waals surface area (Å²) in [6, 6.07) is 15.0. The third-order valence-electron chi connectivity index (χ3n) is 5.37. The second-order valence-electron chi connectivity index (χ2n) is 7.36. The highest BCUT2D eigenvalue weighted by atomic mass is 32.1. The Morgan fingerprint density at radius 1 is 1.11 bits per heavy atom. The second-order valence-corrected chi connectivity index (χ2v) is 7.72. The van der Waals surface area contributed by atoms with Crippen LogP contribution in [0.2, 0.25) is 0 Å². The van der Waals surface area contributed by atoms with Crippen molar-refractivity contribution in [2.24, 2.45) is 0 Å². The highest BCUT2D eigenvalue weighted by Crippen LogP contribution is 2.29. The summed E-state index contributed by atoms with van der Waals surface area (Å²) >= 11 is 5.69. The van der Waals surface area contributed by atoms with Crippen LogP contribution in [0.1, 0.15) is 29.5 Å². The van der Waals surface area contributed by atoms with E-state index in [9.17, 15) is 0 Å². The first-order valence-corrected chi connectivity index (χ1v) is 9.94. The van der Waals surface area contributed by atoms with Crippen LogP contribution in [0.5, 0.6) is 5.75 Å². The maximum absolute atomic E-state index is 5.69. The molecule has 7 heteroatoms. The highest BCUT2D eigenvalue weighted by Gasteiger charge is 2.29. The molecule has 1 aromatic heterocycles. The van der Waals surface area contributed by atoms with Gasteiger partial charge < -0.3 is 4.74 Å². The van der Waals surface area contributed by atoms with Crippen LogP contribution in [-0.2, 0) is 13.2 Å². The first-order chi connectivity index (χ1) is 13.6. The van der Waals surface area contributed by atoms with Gasteiger partial charge in [-0.25, -0.2) is 4.68 Å². The molecule has 1 aliphatic rings. The minimum absolute atomic E-state index is 0.579. The quantitative estimate of drug-likeness (QED) is 0.565. The fraction of sp³-hybridized carbons (Fsp3) is 0.381. The maximum Gasteiger partial charge on any atom is 0.221 e. The Morgan fingerprint density at radius 3 is 2.54 bits per heavy atom. The molecule has 1 aliphatic carbocycles. The molecule has 4 rings (SSSR count). The molecule has 0 saturated heterocycles. The number of rotatable bonds is 7. The third kappa shape index (κ3) is 3.86. The molecule has 0 N–H and O–H groups in total. The Morgan fingerprint density at radius 2 is 1.86 bits per heavy atom. The van der Waals surface area contributed by atoms with E-state index in [0.717, 1.165) is 18.0 Å². The average molecular weight is 396 g/mol. The van der Waals surface area contributed by atoms with E-state index >= 15 is 0 Å². The smallest absolute Gasteiger partial charge is 0.221 e. The van der Waals surface area contributed by atoms with Crippen LogP contribution in [0.3, 0.4) is 0 Å². The fourth-order valence-corrected chi connectivity index (χ4v) is 3.58. The van der Waals surface area contributed by atoms with E-state index in [1.165, 1.54) is 29.5 Å². The predicted molar refractivity (Wildman–Crippen MR) is 111 cm³/mol. The lowest BCUT2D eigenvalue weighted by atomic mass is 10.1. The van der Waals surface area contributed by atoms with Crippen LogP contribution < -0.4 is 4.74 Å². The molecular weight excluding hydrogens is 370 g/mol. The summed E-state index contributed by atoms with van der Waals surface area (Å²) in [5.74, 6) is 0.875. The van der Waals surface area contributed by atoms with Crippen molar-refractivity contribution in [3.8, 4) is 11.4 Å². The molecule has 0 bridgehead atoms. The summed E-state index contributed by atoms with van der Waals surface area (Å²) in [5.41, 5.74) is 4.63. The van der Waals surface area contributed by atoms with E-state index in [1.807, 2.05) is 28.9 Å². The summed E-state index contributed by atoms with van der Waals surface area (Å²) in [5, 5.41) is 8.68. The van der Waals surface area contributed by atoms with Crippen LogP contribution in [0.15, 0.2) is 42.5 Å². The van der Waals surface area contributed by atoms with Gasteiger partial charge in [-0.05, 0) is 84.2 Å². The van der Waals surface area contributed by atoms with Crippen LogP contribution in [-0.4, -0.2) is 37.8 Å². The topological polar surface area (TPSA) is 48.1 Å². The second kappa shape index (κ2) is 7.85. The van der Waals surface area contributed by atoms with Gasteiger partial charge >= 0.3 is 0 Å². The number of aromatic nitrogens is 4. The molecule has 0 amide bonds. The zero-order valence-corrected chi connectivity index (χ0v) is 17.3. The summed E-state index contributed by atoms with van der Waals surface area (Å²) in [6.07, 6.45) is 2.43. The van der Waals surface area contributed by atoms with Gasteiger partial charge in [0.25, 0.3) is 0 Å². The first kappa shape index (κ1) is 18.8. The van der Waals surface area contributed by atoms with Crippen LogP contribution >= 0.6 is 12.2 Å². The zero-order valence-electron chi connectivity index (χ0n) is 16.5. The van der Waals surface area contributed by atoms with Crippen molar-refractivity contribution in [2.45, 2.75) is 45.9 Å². The minimum Gasteiger partial charge on any atom is -0.497 e. The molecule has 28 heavy (non-hydrogen) atoms.